The van der Waals surface area contributed by atoms with Crippen LogP contribution in [-0.2, 0) is 22.6 Å². The summed E-state index contributed by atoms with van der Waals surface area (Å²) in [4.78, 5) is 32.2. The fraction of sp³-hybridized carbons (Fsp3) is 0.450. The van der Waals surface area contributed by atoms with Crippen LogP contribution >= 0.6 is 22.9 Å². The van der Waals surface area contributed by atoms with Crippen molar-refractivity contribution in [2.45, 2.75) is 39.7 Å². The number of aryl methyl sites for hydroxylation is 2. The molecule has 1 aliphatic heterocycles. The third kappa shape index (κ3) is 5.30. The van der Waals surface area contributed by atoms with Crippen LogP contribution in [0.4, 0.5) is 0 Å². The molecule has 1 aromatic carbocycles. The van der Waals surface area contributed by atoms with Gasteiger partial charge in [-0.25, -0.2) is 4.98 Å². The van der Waals surface area contributed by atoms with E-state index in [-0.39, 0.29) is 17.7 Å². The number of hydrogen-bond donors (Lipinski definition) is 1. The SMILES string of the molecule is Cc1nc(CCNC(=O)[C@H]2CCC(=O)N(Cc3ccc(Cl)cc3)C2)sc1C. The number of carbonyl (C=O) groups excluding carboxylic acids is 2. The highest BCUT2D eigenvalue weighted by molar-refractivity contribution is 7.11. The largest absolute Gasteiger partial charge is 0.355 e. The van der Waals surface area contributed by atoms with E-state index in [1.165, 1.54) is 4.88 Å². The molecule has 1 saturated heterocycles. The number of carbonyl (C=O) groups is 2. The van der Waals surface area contributed by atoms with Crippen LogP contribution in [-0.4, -0.2) is 34.8 Å². The topological polar surface area (TPSA) is 62.3 Å². The van der Waals surface area contributed by atoms with Gasteiger partial charge in [0, 0.05) is 42.4 Å². The third-order valence-corrected chi connectivity index (χ3v) is 6.25. The van der Waals surface area contributed by atoms with Crippen LogP contribution in [0.25, 0.3) is 0 Å². The highest BCUT2D eigenvalue weighted by Crippen LogP contribution is 2.21. The van der Waals surface area contributed by atoms with Gasteiger partial charge in [-0.15, -0.1) is 11.3 Å². The molecular weight excluding hydrogens is 382 g/mol. The van der Waals surface area contributed by atoms with Crippen LogP contribution in [0, 0.1) is 19.8 Å². The zero-order chi connectivity index (χ0) is 19.4. The van der Waals surface area contributed by atoms with Crippen molar-refractivity contribution in [1.29, 1.82) is 0 Å². The predicted molar refractivity (Wildman–Crippen MR) is 108 cm³/mol. The number of rotatable bonds is 6. The van der Waals surface area contributed by atoms with E-state index in [1.54, 1.807) is 16.2 Å². The summed E-state index contributed by atoms with van der Waals surface area (Å²) in [6.45, 7) is 5.61. The van der Waals surface area contributed by atoms with Gasteiger partial charge in [0.15, 0.2) is 0 Å². The van der Waals surface area contributed by atoms with Gasteiger partial charge >= 0.3 is 0 Å². The zero-order valence-corrected chi connectivity index (χ0v) is 17.2. The number of halogens is 1. The average molecular weight is 406 g/mol. The van der Waals surface area contributed by atoms with Gasteiger partial charge in [0.2, 0.25) is 11.8 Å². The number of piperidine rings is 1. The van der Waals surface area contributed by atoms with Crippen molar-refractivity contribution in [3.05, 3.63) is 50.4 Å². The van der Waals surface area contributed by atoms with Crippen molar-refractivity contribution < 1.29 is 9.59 Å². The van der Waals surface area contributed by atoms with Gasteiger partial charge in [0.25, 0.3) is 0 Å². The Morgan fingerprint density at radius 2 is 2.07 bits per heavy atom. The van der Waals surface area contributed by atoms with Crippen LogP contribution in [0.1, 0.15) is 34.0 Å². The first-order valence-electron chi connectivity index (χ1n) is 9.15. The smallest absolute Gasteiger partial charge is 0.224 e. The second kappa shape index (κ2) is 8.85. The molecule has 2 aromatic rings. The summed E-state index contributed by atoms with van der Waals surface area (Å²) in [6.07, 6.45) is 1.76. The van der Waals surface area contributed by atoms with E-state index < -0.39 is 0 Å². The zero-order valence-electron chi connectivity index (χ0n) is 15.6. The van der Waals surface area contributed by atoms with E-state index >= 15 is 0 Å². The quantitative estimate of drug-likeness (QED) is 0.799. The third-order valence-electron chi connectivity index (χ3n) is 4.87. The number of benzene rings is 1. The average Bonchev–Trinajstić information content (AvgIpc) is 2.96. The van der Waals surface area contributed by atoms with Crippen molar-refractivity contribution in [3.8, 4) is 0 Å². The molecule has 0 saturated carbocycles. The summed E-state index contributed by atoms with van der Waals surface area (Å²) in [5.74, 6) is -0.0360. The van der Waals surface area contributed by atoms with Crippen molar-refractivity contribution in [2.75, 3.05) is 13.1 Å². The second-order valence-corrected chi connectivity index (χ2v) is 8.65. The van der Waals surface area contributed by atoms with Gasteiger partial charge in [-0.2, -0.15) is 0 Å². The first-order chi connectivity index (χ1) is 12.9. The molecule has 0 radical (unpaired) electrons. The normalized spacial score (nSPS) is 17.2. The Balaban J connectivity index is 1.50. The lowest BCUT2D eigenvalue weighted by molar-refractivity contribution is -0.138. The molecule has 5 nitrogen and oxygen atoms in total. The van der Waals surface area contributed by atoms with Gasteiger partial charge in [0.05, 0.1) is 16.6 Å². The Bertz CT molecular complexity index is 800. The fourth-order valence-corrected chi connectivity index (χ4v) is 4.23. The minimum Gasteiger partial charge on any atom is -0.355 e. The second-order valence-electron chi connectivity index (χ2n) is 6.93. The molecule has 0 aliphatic carbocycles. The maximum atomic E-state index is 12.5. The number of nitrogens with one attached hydrogen (secondary N) is 1. The van der Waals surface area contributed by atoms with Crippen LogP contribution in [0.15, 0.2) is 24.3 Å². The highest BCUT2D eigenvalue weighted by atomic mass is 35.5. The van der Waals surface area contributed by atoms with Crippen LogP contribution in [0.2, 0.25) is 5.02 Å². The van der Waals surface area contributed by atoms with Gasteiger partial charge < -0.3 is 10.2 Å². The van der Waals surface area contributed by atoms with Crippen molar-refractivity contribution >= 4 is 34.8 Å². The lowest BCUT2D eigenvalue weighted by Gasteiger charge is -2.32. The first-order valence-corrected chi connectivity index (χ1v) is 10.3. The number of hydrogen-bond acceptors (Lipinski definition) is 4. The Labute approximate surface area is 168 Å². The van der Waals surface area contributed by atoms with E-state index in [0.717, 1.165) is 22.7 Å². The summed E-state index contributed by atoms with van der Waals surface area (Å²) in [6, 6.07) is 7.46. The standard InChI is InChI=1S/C20H24ClN3O2S/c1-13-14(2)27-18(23-13)9-10-22-20(26)16-5-8-19(25)24(12-16)11-15-3-6-17(21)7-4-15/h3-4,6-7,16H,5,8-12H2,1-2H3,(H,22,26)/t16-/m0/s1. The fourth-order valence-electron chi connectivity index (χ4n) is 3.17. The summed E-state index contributed by atoms with van der Waals surface area (Å²) in [5.41, 5.74) is 2.08. The number of thiazole rings is 1. The molecule has 1 aliphatic rings. The van der Waals surface area contributed by atoms with E-state index in [4.69, 9.17) is 11.6 Å². The molecule has 27 heavy (non-hydrogen) atoms. The molecule has 0 unspecified atom stereocenters. The molecular formula is C20H24ClN3O2S. The van der Waals surface area contributed by atoms with Gasteiger partial charge in [-0.1, -0.05) is 23.7 Å². The molecule has 1 N–H and O–H groups in total. The summed E-state index contributed by atoms with van der Waals surface area (Å²) >= 11 is 7.59. The molecule has 7 heteroatoms. The predicted octanol–water partition coefficient (Wildman–Crippen LogP) is 3.51. The minimum atomic E-state index is -0.158. The van der Waals surface area contributed by atoms with Crippen molar-refractivity contribution in [1.82, 2.24) is 15.2 Å². The first kappa shape index (κ1) is 19.8. The van der Waals surface area contributed by atoms with Gasteiger partial charge in [0.1, 0.15) is 0 Å². The highest BCUT2D eigenvalue weighted by Gasteiger charge is 2.30. The molecule has 2 amide bonds. The Kier molecular flexibility index (Phi) is 6.50. The molecule has 0 spiro atoms. The maximum Gasteiger partial charge on any atom is 0.224 e. The van der Waals surface area contributed by atoms with Gasteiger partial charge in [-0.05, 0) is 38.0 Å². The molecule has 2 heterocycles. The Hall–Kier alpha value is -1.92. The summed E-state index contributed by atoms with van der Waals surface area (Å²) in [5, 5.41) is 4.73. The molecule has 1 fully saturated rings. The van der Waals surface area contributed by atoms with E-state index in [1.807, 2.05) is 31.2 Å². The van der Waals surface area contributed by atoms with Crippen LogP contribution < -0.4 is 5.32 Å². The lowest BCUT2D eigenvalue weighted by atomic mass is 9.96. The number of amides is 2. The van der Waals surface area contributed by atoms with E-state index in [0.29, 0.717) is 37.5 Å². The monoisotopic (exact) mass is 405 g/mol. The minimum absolute atomic E-state index is 0.0219. The van der Waals surface area contributed by atoms with Crippen molar-refractivity contribution in [3.63, 3.8) is 0 Å². The number of likely N-dealkylation sites (tertiary alicyclic amines) is 1. The van der Waals surface area contributed by atoms with Crippen LogP contribution in [0.3, 0.4) is 0 Å². The molecule has 144 valence electrons. The molecule has 1 atom stereocenters. The molecule has 1 aromatic heterocycles. The summed E-state index contributed by atoms with van der Waals surface area (Å²) < 4.78 is 0. The lowest BCUT2D eigenvalue weighted by Crippen LogP contribution is -2.45. The van der Waals surface area contributed by atoms with Gasteiger partial charge in [-0.3, -0.25) is 9.59 Å². The van der Waals surface area contributed by atoms with Crippen LogP contribution in [0.5, 0.6) is 0 Å². The van der Waals surface area contributed by atoms with E-state index in [2.05, 4.69) is 17.2 Å². The number of aromatic nitrogens is 1. The Morgan fingerprint density at radius 1 is 1.33 bits per heavy atom. The molecule has 0 bridgehead atoms. The van der Waals surface area contributed by atoms with E-state index in [9.17, 15) is 9.59 Å². The summed E-state index contributed by atoms with van der Waals surface area (Å²) in [7, 11) is 0. The maximum absolute atomic E-state index is 12.5. The molecule has 3 rings (SSSR count). The Morgan fingerprint density at radius 3 is 2.74 bits per heavy atom. The van der Waals surface area contributed by atoms with Crippen molar-refractivity contribution in [2.24, 2.45) is 5.92 Å². The number of nitrogens with zero attached hydrogens (tertiary/aromatic N) is 2.